The van der Waals surface area contributed by atoms with Crippen LogP contribution >= 0.6 is 0 Å². The number of hydrogen-bond donors (Lipinski definition) is 0. The van der Waals surface area contributed by atoms with E-state index < -0.39 is 5.97 Å². The Kier molecular flexibility index (Phi) is 4.50. The lowest BCUT2D eigenvalue weighted by atomic mass is 10.2. The molecule has 1 heterocycles. The summed E-state index contributed by atoms with van der Waals surface area (Å²) in [5, 5.41) is 0. The van der Waals surface area contributed by atoms with Gasteiger partial charge in [-0.1, -0.05) is 36.4 Å². The van der Waals surface area contributed by atoms with Crippen molar-refractivity contribution in [1.82, 2.24) is 0 Å². The second kappa shape index (κ2) is 6.52. The molecule has 0 spiro atoms. The van der Waals surface area contributed by atoms with Crippen molar-refractivity contribution in [2.45, 2.75) is 6.92 Å². The van der Waals surface area contributed by atoms with Crippen molar-refractivity contribution >= 4 is 17.8 Å². The smallest absolute Gasteiger partial charge is 0.374 e. The van der Waals surface area contributed by atoms with E-state index in [0.29, 0.717) is 0 Å². The molecule has 0 aliphatic heterocycles. The molecule has 102 valence electrons. The van der Waals surface area contributed by atoms with Gasteiger partial charge in [0.15, 0.2) is 5.76 Å². The van der Waals surface area contributed by atoms with E-state index in [1.807, 2.05) is 30.3 Å². The largest absolute Gasteiger partial charge is 0.460 e. The van der Waals surface area contributed by atoms with Gasteiger partial charge in [-0.25, -0.2) is 4.79 Å². The van der Waals surface area contributed by atoms with Gasteiger partial charge in [-0.3, -0.25) is 4.79 Å². The molecule has 2 rings (SSSR count). The normalized spacial score (nSPS) is 10.7. The molecular weight excluding hydrogens is 256 g/mol. The topological polar surface area (TPSA) is 56.5 Å². The van der Waals surface area contributed by atoms with Crippen LogP contribution in [0.4, 0.5) is 0 Å². The highest BCUT2D eigenvalue weighted by Gasteiger charge is 2.14. The first-order chi connectivity index (χ1) is 9.70. The van der Waals surface area contributed by atoms with E-state index in [0.717, 1.165) is 5.56 Å². The van der Waals surface area contributed by atoms with Gasteiger partial charge in [-0.2, -0.15) is 0 Å². The van der Waals surface area contributed by atoms with Gasteiger partial charge in [0, 0.05) is 0 Å². The zero-order chi connectivity index (χ0) is 14.4. The molecule has 4 nitrogen and oxygen atoms in total. The average Bonchev–Trinajstić information content (AvgIpc) is 2.96. The summed E-state index contributed by atoms with van der Waals surface area (Å²) in [5.41, 5.74) is 0.915. The molecule has 0 bridgehead atoms. The second-order valence-electron chi connectivity index (χ2n) is 3.99. The highest BCUT2D eigenvalue weighted by atomic mass is 16.5. The summed E-state index contributed by atoms with van der Waals surface area (Å²) in [6, 6.07) is 12.3. The SMILES string of the molecule is CCOC(=O)c1ccc(C(=O)/C=C/c2ccccc2)o1. The fraction of sp³-hybridized carbons (Fsp3) is 0.125. The van der Waals surface area contributed by atoms with Crippen LogP contribution in [0.25, 0.3) is 6.08 Å². The number of allylic oxidation sites excluding steroid dienone is 1. The number of ether oxygens (including phenoxy) is 1. The maximum absolute atomic E-state index is 11.9. The van der Waals surface area contributed by atoms with Crippen molar-refractivity contribution in [3.8, 4) is 0 Å². The number of carbonyl (C=O) groups is 2. The predicted molar refractivity (Wildman–Crippen MR) is 74.5 cm³/mol. The highest BCUT2D eigenvalue weighted by Crippen LogP contribution is 2.11. The van der Waals surface area contributed by atoms with Gasteiger partial charge in [-0.15, -0.1) is 0 Å². The molecule has 0 fully saturated rings. The van der Waals surface area contributed by atoms with Crippen molar-refractivity contribution in [3.63, 3.8) is 0 Å². The van der Waals surface area contributed by atoms with Crippen LogP contribution in [0.15, 0.2) is 53.0 Å². The molecule has 1 aromatic carbocycles. The first-order valence-electron chi connectivity index (χ1n) is 6.25. The Morgan fingerprint density at radius 1 is 1.10 bits per heavy atom. The first-order valence-corrected chi connectivity index (χ1v) is 6.25. The van der Waals surface area contributed by atoms with E-state index in [1.54, 1.807) is 13.0 Å². The summed E-state index contributed by atoms with van der Waals surface area (Å²) < 4.78 is 9.96. The third-order valence-electron chi connectivity index (χ3n) is 2.55. The van der Waals surface area contributed by atoms with Crippen molar-refractivity contribution < 1.29 is 18.7 Å². The van der Waals surface area contributed by atoms with Gasteiger partial charge < -0.3 is 9.15 Å². The maximum atomic E-state index is 11.9. The zero-order valence-electron chi connectivity index (χ0n) is 11.0. The average molecular weight is 270 g/mol. The number of rotatable bonds is 5. The summed E-state index contributed by atoms with van der Waals surface area (Å²) in [6.07, 6.45) is 3.10. The number of carbonyl (C=O) groups excluding carboxylic acids is 2. The van der Waals surface area contributed by atoms with Gasteiger partial charge >= 0.3 is 5.97 Å². The minimum absolute atomic E-state index is 0.0308. The van der Waals surface area contributed by atoms with Crippen LogP contribution in [0.5, 0.6) is 0 Å². The van der Waals surface area contributed by atoms with Crippen LogP contribution in [0, 0.1) is 0 Å². The van der Waals surface area contributed by atoms with Crippen LogP contribution in [0.1, 0.15) is 33.6 Å². The number of esters is 1. The Hall–Kier alpha value is -2.62. The molecule has 0 saturated heterocycles. The van der Waals surface area contributed by atoms with E-state index >= 15 is 0 Å². The summed E-state index contributed by atoms with van der Waals surface area (Å²) in [5.74, 6) is -0.730. The predicted octanol–water partition coefficient (Wildman–Crippen LogP) is 3.35. The quantitative estimate of drug-likeness (QED) is 0.475. The Bertz CT molecular complexity index is 623. The summed E-state index contributed by atoms with van der Waals surface area (Å²) in [6.45, 7) is 1.96. The van der Waals surface area contributed by atoms with E-state index in [9.17, 15) is 9.59 Å². The van der Waals surface area contributed by atoms with Gasteiger partial charge in [0.05, 0.1) is 6.61 Å². The zero-order valence-corrected chi connectivity index (χ0v) is 11.0. The van der Waals surface area contributed by atoms with E-state index in [2.05, 4.69) is 0 Å². The number of furan rings is 1. The van der Waals surface area contributed by atoms with E-state index in [1.165, 1.54) is 18.2 Å². The summed E-state index contributed by atoms with van der Waals surface area (Å²) in [7, 11) is 0. The van der Waals surface area contributed by atoms with Crippen LogP contribution in [0.2, 0.25) is 0 Å². The molecule has 0 unspecified atom stereocenters. The fourth-order valence-electron chi connectivity index (χ4n) is 1.60. The Labute approximate surface area is 116 Å². The highest BCUT2D eigenvalue weighted by molar-refractivity contribution is 6.05. The lowest BCUT2D eigenvalue weighted by molar-refractivity contribution is 0.0488. The number of benzene rings is 1. The minimum Gasteiger partial charge on any atom is -0.460 e. The molecule has 20 heavy (non-hydrogen) atoms. The lowest BCUT2D eigenvalue weighted by Crippen LogP contribution is -2.02. The van der Waals surface area contributed by atoms with Crippen molar-refractivity contribution in [2.24, 2.45) is 0 Å². The molecule has 0 radical (unpaired) electrons. The van der Waals surface area contributed by atoms with Gasteiger partial charge in [0.2, 0.25) is 11.5 Å². The van der Waals surface area contributed by atoms with Crippen molar-refractivity contribution in [2.75, 3.05) is 6.61 Å². The molecule has 0 amide bonds. The first kappa shape index (κ1) is 13.8. The fourth-order valence-corrected chi connectivity index (χ4v) is 1.60. The van der Waals surface area contributed by atoms with E-state index in [-0.39, 0.29) is 23.9 Å². The molecular formula is C16H14O4. The Morgan fingerprint density at radius 3 is 2.50 bits per heavy atom. The molecule has 4 heteroatoms. The third-order valence-corrected chi connectivity index (χ3v) is 2.55. The third kappa shape index (κ3) is 3.45. The number of ketones is 1. The van der Waals surface area contributed by atoms with Crippen LogP contribution < -0.4 is 0 Å². The summed E-state index contributed by atoms with van der Waals surface area (Å²) in [4.78, 5) is 23.3. The molecule has 0 N–H and O–H groups in total. The monoisotopic (exact) mass is 270 g/mol. The van der Waals surface area contributed by atoms with Gasteiger partial charge in [-0.05, 0) is 30.7 Å². The van der Waals surface area contributed by atoms with Crippen molar-refractivity contribution in [3.05, 3.63) is 65.6 Å². The van der Waals surface area contributed by atoms with Gasteiger partial charge in [0.25, 0.3) is 0 Å². The standard InChI is InChI=1S/C16H14O4/c1-2-19-16(18)15-11-10-14(20-15)13(17)9-8-12-6-4-3-5-7-12/h3-11H,2H2,1H3/b9-8+. The van der Waals surface area contributed by atoms with Crippen LogP contribution in [0.3, 0.4) is 0 Å². The molecule has 0 aliphatic rings. The van der Waals surface area contributed by atoms with Crippen molar-refractivity contribution in [1.29, 1.82) is 0 Å². The Morgan fingerprint density at radius 2 is 1.80 bits per heavy atom. The van der Waals surface area contributed by atoms with E-state index in [4.69, 9.17) is 9.15 Å². The minimum atomic E-state index is -0.571. The molecule has 0 saturated carbocycles. The molecule has 1 aromatic heterocycles. The van der Waals surface area contributed by atoms with Gasteiger partial charge in [0.1, 0.15) is 0 Å². The molecule has 2 aromatic rings. The molecule has 0 aliphatic carbocycles. The Balaban J connectivity index is 2.07. The van der Waals surface area contributed by atoms with Crippen LogP contribution in [-0.4, -0.2) is 18.4 Å². The molecule has 0 atom stereocenters. The maximum Gasteiger partial charge on any atom is 0.374 e. The summed E-state index contributed by atoms with van der Waals surface area (Å²) >= 11 is 0. The lowest BCUT2D eigenvalue weighted by Gasteiger charge is -1.96. The van der Waals surface area contributed by atoms with Crippen LogP contribution in [-0.2, 0) is 4.74 Å². The second-order valence-corrected chi connectivity index (χ2v) is 3.99. The number of hydrogen-bond acceptors (Lipinski definition) is 4.